The van der Waals surface area contributed by atoms with Gasteiger partial charge < -0.3 is 15.0 Å². The van der Waals surface area contributed by atoms with Crippen molar-refractivity contribution in [1.82, 2.24) is 10.3 Å². The first-order valence-electron chi connectivity index (χ1n) is 7.29. The van der Waals surface area contributed by atoms with Crippen LogP contribution in [-0.2, 0) is 15.7 Å². The monoisotopic (exact) mass is 345 g/mol. The van der Waals surface area contributed by atoms with Gasteiger partial charge in [-0.1, -0.05) is 0 Å². The van der Waals surface area contributed by atoms with Gasteiger partial charge in [-0.05, 0) is 32.9 Å². The van der Waals surface area contributed by atoms with E-state index in [2.05, 4.69) is 10.3 Å². The summed E-state index contributed by atoms with van der Waals surface area (Å²) >= 11 is 0. The summed E-state index contributed by atoms with van der Waals surface area (Å²) in [6.07, 6.45) is -4.14. The molecule has 0 radical (unpaired) electrons. The zero-order valence-electron chi connectivity index (χ0n) is 13.5. The standard InChI is InChI=1S/C15H18F3N3O3/c1-14(2,3)24-13(23)20-9-6-12(22)21(8-9)10-4-5-11(19-7-10)15(16,17)18/h4-5,7,9H,6,8H2,1-3H3,(H,20,23). The van der Waals surface area contributed by atoms with E-state index in [4.69, 9.17) is 4.74 Å². The predicted molar refractivity (Wildman–Crippen MR) is 79.4 cm³/mol. The summed E-state index contributed by atoms with van der Waals surface area (Å²) in [6, 6.07) is 1.52. The van der Waals surface area contributed by atoms with Crippen LogP contribution in [0.2, 0.25) is 0 Å². The molecule has 0 aliphatic carbocycles. The number of carbonyl (C=O) groups is 2. The molecule has 6 nitrogen and oxygen atoms in total. The zero-order chi connectivity index (χ0) is 18.1. The summed E-state index contributed by atoms with van der Waals surface area (Å²) in [6.45, 7) is 5.29. The number of nitrogens with one attached hydrogen (secondary N) is 1. The number of hydrogen-bond donors (Lipinski definition) is 1. The predicted octanol–water partition coefficient (Wildman–Crippen LogP) is 2.73. The average Bonchev–Trinajstić information content (AvgIpc) is 2.76. The van der Waals surface area contributed by atoms with Crippen LogP contribution in [0.3, 0.4) is 0 Å². The summed E-state index contributed by atoms with van der Waals surface area (Å²) < 4.78 is 42.6. The van der Waals surface area contributed by atoms with Crippen LogP contribution < -0.4 is 10.2 Å². The Kier molecular flexibility index (Phi) is 4.73. The molecule has 2 amide bonds. The largest absolute Gasteiger partial charge is 0.444 e. The minimum Gasteiger partial charge on any atom is -0.444 e. The SMILES string of the molecule is CC(C)(C)OC(=O)NC1CC(=O)N(c2ccc(C(F)(F)F)nc2)C1. The molecule has 1 aliphatic heterocycles. The molecule has 1 saturated heterocycles. The lowest BCUT2D eigenvalue weighted by atomic mass is 10.2. The van der Waals surface area contributed by atoms with Crippen LogP contribution in [0.4, 0.5) is 23.7 Å². The van der Waals surface area contributed by atoms with Crippen LogP contribution in [0.5, 0.6) is 0 Å². The van der Waals surface area contributed by atoms with Gasteiger partial charge >= 0.3 is 12.3 Å². The highest BCUT2D eigenvalue weighted by molar-refractivity contribution is 5.96. The van der Waals surface area contributed by atoms with Gasteiger partial charge in [0.05, 0.1) is 17.9 Å². The van der Waals surface area contributed by atoms with Crippen LogP contribution >= 0.6 is 0 Å². The molecule has 2 heterocycles. The van der Waals surface area contributed by atoms with E-state index >= 15 is 0 Å². The molecule has 0 bridgehead atoms. The first-order chi connectivity index (χ1) is 11.0. The first kappa shape index (κ1) is 18.0. The third-order valence-corrected chi connectivity index (χ3v) is 3.20. The van der Waals surface area contributed by atoms with Crippen LogP contribution in [0.25, 0.3) is 0 Å². The van der Waals surface area contributed by atoms with Crippen LogP contribution in [-0.4, -0.2) is 35.2 Å². The van der Waals surface area contributed by atoms with Gasteiger partial charge in [0.1, 0.15) is 11.3 Å². The van der Waals surface area contributed by atoms with Crippen molar-refractivity contribution in [2.45, 2.75) is 45.0 Å². The fourth-order valence-electron chi connectivity index (χ4n) is 2.24. The van der Waals surface area contributed by atoms with Gasteiger partial charge in [0.15, 0.2) is 0 Å². The van der Waals surface area contributed by atoms with Gasteiger partial charge in [-0.15, -0.1) is 0 Å². The Bertz CT molecular complexity index is 624. The second kappa shape index (κ2) is 6.29. The maximum absolute atomic E-state index is 12.5. The van der Waals surface area contributed by atoms with E-state index in [9.17, 15) is 22.8 Å². The number of anilines is 1. The van der Waals surface area contributed by atoms with E-state index in [-0.39, 0.29) is 24.6 Å². The highest BCUT2D eigenvalue weighted by atomic mass is 19.4. The number of rotatable bonds is 2. The van der Waals surface area contributed by atoms with Crippen molar-refractivity contribution >= 4 is 17.7 Å². The normalized spacial score (nSPS) is 18.7. The number of halogens is 3. The minimum absolute atomic E-state index is 0.0419. The van der Waals surface area contributed by atoms with Crippen LogP contribution in [0.1, 0.15) is 32.9 Å². The number of aromatic nitrogens is 1. The molecule has 24 heavy (non-hydrogen) atoms. The van der Waals surface area contributed by atoms with Gasteiger partial charge in [-0.25, -0.2) is 9.78 Å². The molecule has 1 aromatic heterocycles. The number of ether oxygens (including phenoxy) is 1. The van der Waals surface area contributed by atoms with Crippen molar-refractivity contribution in [2.24, 2.45) is 0 Å². The number of hydrogen-bond acceptors (Lipinski definition) is 4. The summed E-state index contributed by atoms with van der Waals surface area (Å²) in [4.78, 5) is 28.4. The number of pyridine rings is 1. The van der Waals surface area contributed by atoms with E-state index in [0.29, 0.717) is 0 Å². The number of nitrogens with zero attached hydrogens (tertiary/aromatic N) is 2. The lowest BCUT2D eigenvalue weighted by molar-refractivity contribution is -0.141. The van der Waals surface area contributed by atoms with Crippen molar-refractivity contribution in [1.29, 1.82) is 0 Å². The van der Waals surface area contributed by atoms with Gasteiger partial charge in [-0.2, -0.15) is 13.2 Å². The first-order valence-corrected chi connectivity index (χ1v) is 7.29. The van der Waals surface area contributed by atoms with Crippen molar-refractivity contribution in [3.05, 3.63) is 24.0 Å². The third-order valence-electron chi connectivity index (χ3n) is 3.20. The molecule has 0 aromatic carbocycles. The van der Waals surface area contributed by atoms with E-state index in [1.54, 1.807) is 20.8 Å². The van der Waals surface area contributed by atoms with Gasteiger partial charge in [-0.3, -0.25) is 4.79 Å². The smallest absolute Gasteiger partial charge is 0.433 e. The minimum atomic E-state index is -4.53. The molecule has 132 valence electrons. The Hall–Kier alpha value is -2.32. The molecular weight excluding hydrogens is 327 g/mol. The molecule has 0 spiro atoms. The molecule has 1 fully saturated rings. The van der Waals surface area contributed by atoms with Gasteiger partial charge in [0, 0.05) is 13.0 Å². The second-order valence-corrected chi connectivity index (χ2v) is 6.45. The van der Waals surface area contributed by atoms with E-state index in [0.717, 1.165) is 12.3 Å². The number of alkyl carbamates (subject to hydrolysis) is 1. The highest BCUT2D eigenvalue weighted by Crippen LogP contribution is 2.29. The summed E-state index contributed by atoms with van der Waals surface area (Å²) in [7, 11) is 0. The Balaban J connectivity index is 2.01. The molecule has 1 atom stereocenters. The summed E-state index contributed by atoms with van der Waals surface area (Å²) in [5, 5.41) is 2.58. The maximum Gasteiger partial charge on any atom is 0.433 e. The molecule has 0 saturated carbocycles. The molecule has 1 aliphatic rings. The van der Waals surface area contributed by atoms with E-state index in [1.165, 1.54) is 11.0 Å². The van der Waals surface area contributed by atoms with E-state index in [1.807, 2.05) is 0 Å². The molecule has 1 unspecified atom stereocenters. The fraction of sp³-hybridized carbons (Fsp3) is 0.533. The zero-order valence-corrected chi connectivity index (χ0v) is 13.5. The Labute approximate surface area is 137 Å². The maximum atomic E-state index is 12.5. The Morgan fingerprint density at radius 1 is 1.33 bits per heavy atom. The fourth-order valence-corrected chi connectivity index (χ4v) is 2.24. The Morgan fingerprint density at radius 3 is 2.50 bits per heavy atom. The molecular formula is C15H18F3N3O3. The second-order valence-electron chi connectivity index (χ2n) is 6.45. The molecule has 1 aromatic rings. The number of carbonyl (C=O) groups excluding carboxylic acids is 2. The van der Waals surface area contributed by atoms with Crippen molar-refractivity contribution in [2.75, 3.05) is 11.4 Å². The third kappa shape index (κ3) is 4.59. The van der Waals surface area contributed by atoms with Crippen molar-refractivity contribution in [3.63, 3.8) is 0 Å². The van der Waals surface area contributed by atoms with Crippen LogP contribution in [0.15, 0.2) is 18.3 Å². The number of amides is 2. The molecule has 2 rings (SSSR count). The molecule has 9 heteroatoms. The lowest BCUT2D eigenvalue weighted by Crippen LogP contribution is -2.40. The van der Waals surface area contributed by atoms with Crippen LogP contribution in [0, 0.1) is 0 Å². The van der Waals surface area contributed by atoms with Crippen molar-refractivity contribution < 1.29 is 27.5 Å². The summed E-state index contributed by atoms with van der Waals surface area (Å²) in [5.74, 6) is -0.308. The van der Waals surface area contributed by atoms with Gasteiger partial charge in [0.2, 0.25) is 5.91 Å². The average molecular weight is 345 g/mol. The molecule has 1 N–H and O–H groups in total. The summed E-state index contributed by atoms with van der Waals surface area (Å²) in [5.41, 5.74) is -1.44. The highest BCUT2D eigenvalue weighted by Gasteiger charge is 2.35. The van der Waals surface area contributed by atoms with Gasteiger partial charge in [0.25, 0.3) is 0 Å². The Morgan fingerprint density at radius 2 is 2.00 bits per heavy atom. The van der Waals surface area contributed by atoms with E-state index < -0.39 is 29.6 Å². The quantitative estimate of drug-likeness (QED) is 0.895. The topological polar surface area (TPSA) is 71.5 Å². The number of alkyl halides is 3. The lowest BCUT2D eigenvalue weighted by Gasteiger charge is -2.22. The van der Waals surface area contributed by atoms with Crippen molar-refractivity contribution in [3.8, 4) is 0 Å².